The van der Waals surface area contributed by atoms with Crippen molar-refractivity contribution in [2.45, 2.75) is 19.3 Å². The summed E-state index contributed by atoms with van der Waals surface area (Å²) >= 11 is 0. The molecule has 30 heavy (non-hydrogen) atoms. The predicted octanol–water partition coefficient (Wildman–Crippen LogP) is 3.26. The Labute approximate surface area is 177 Å². The molecule has 1 heterocycles. The molecule has 154 valence electrons. The molecule has 0 bridgehead atoms. The maximum Gasteiger partial charge on any atom is 0.189 e. The van der Waals surface area contributed by atoms with Crippen LogP contribution in [0.2, 0.25) is 0 Å². The molecule has 1 fully saturated rings. The maximum atomic E-state index is 10.1. The number of rotatable bonds is 5. The Kier molecular flexibility index (Phi) is 6.11. The zero-order valence-electron chi connectivity index (χ0n) is 17.5. The van der Waals surface area contributed by atoms with E-state index in [2.05, 4.69) is 23.1 Å². The largest absolute Gasteiger partial charge is 0.493 e. The Morgan fingerprint density at radius 1 is 1.23 bits per heavy atom. The Hall–Kier alpha value is -3.34. The van der Waals surface area contributed by atoms with Gasteiger partial charge in [-0.05, 0) is 36.7 Å². The smallest absolute Gasteiger partial charge is 0.189 e. The van der Waals surface area contributed by atoms with E-state index in [0.29, 0.717) is 31.2 Å². The van der Waals surface area contributed by atoms with Gasteiger partial charge in [0.15, 0.2) is 16.9 Å². The lowest BCUT2D eigenvalue weighted by Gasteiger charge is -2.47. The molecule has 1 saturated carbocycles. The summed E-state index contributed by atoms with van der Waals surface area (Å²) in [5, 5.41) is 38.6. The van der Waals surface area contributed by atoms with Gasteiger partial charge in [0.1, 0.15) is 5.92 Å². The minimum absolute atomic E-state index is 0.141. The summed E-state index contributed by atoms with van der Waals surface area (Å²) < 4.78 is 11.3. The molecule has 3 atom stereocenters. The highest BCUT2D eigenvalue weighted by Gasteiger charge is 2.57. The molecule has 0 radical (unpaired) electrons. The summed E-state index contributed by atoms with van der Waals surface area (Å²) in [6, 6.07) is 11.8. The van der Waals surface area contributed by atoms with Crippen molar-refractivity contribution in [3.05, 3.63) is 35.4 Å². The van der Waals surface area contributed by atoms with Crippen LogP contribution in [0.15, 0.2) is 29.8 Å². The van der Waals surface area contributed by atoms with Crippen LogP contribution in [0.25, 0.3) is 0 Å². The zero-order chi connectivity index (χ0) is 21.9. The summed E-state index contributed by atoms with van der Waals surface area (Å²) in [4.78, 5) is 2.10. The van der Waals surface area contributed by atoms with Crippen molar-refractivity contribution in [3.8, 4) is 29.7 Å². The fourth-order valence-electron chi connectivity index (χ4n) is 4.54. The van der Waals surface area contributed by atoms with Crippen molar-refractivity contribution in [2.24, 2.45) is 17.3 Å². The lowest BCUT2D eigenvalue weighted by atomic mass is 9.54. The number of methoxy groups -OCH3 is 1. The summed E-state index contributed by atoms with van der Waals surface area (Å²) in [6.07, 6.45) is 2.83. The van der Waals surface area contributed by atoms with Gasteiger partial charge in [-0.15, -0.1) is 0 Å². The van der Waals surface area contributed by atoms with Crippen LogP contribution in [-0.2, 0) is 0 Å². The van der Waals surface area contributed by atoms with Crippen molar-refractivity contribution < 1.29 is 9.47 Å². The van der Waals surface area contributed by atoms with E-state index in [1.54, 1.807) is 19.2 Å². The SMILES string of the molecule is CCCOc1ccc([C@H]2[C@@H]3CN(C)CC=C3[C@@H](C#N)C(=N)C2(C#N)C#N)cc1OC. The molecule has 0 unspecified atom stereocenters. The molecule has 1 aliphatic heterocycles. The number of nitrogens with zero attached hydrogens (tertiary/aromatic N) is 4. The molecule has 7 heteroatoms. The first kappa shape index (κ1) is 21.4. The number of hydrogen-bond donors (Lipinski definition) is 1. The van der Waals surface area contributed by atoms with Crippen molar-refractivity contribution in [1.29, 1.82) is 21.2 Å². The molecule has 3 rings (SSSR count). The van der Waals surface area contributed by atoms with E-state index in [0.717, 1.165) is 17.6 Å². The monoisotopic (exact) mass is 403 g/mol. The molecule has 1 aliphatic carbocycles. The van der Waals surface area contributed by atoms with Crippen LogP contribution in [-0.4, -0.2) is 44.5 Å². The molecule has 0 spiro atoms. The Bertz CT molecular complexity index is 980. The number of hydrogen-bond acceptors (Lipinski definition) is 7. The van der Waals surface area contributed by atoms with Gasteiger partial charge in [0, 0.05) is 24.9 Å². The lowest BCUT2D eigenvalue weighted by molar-refractivity contribution is 0.234. The average Bonchev–Trinajstić information content (AvgIpc) is 2.77. The molecule has 0 amide bonds. The van der Waals surface area contributed by atoms with Gasteiger partial charge in [-0.25, -0.2) is 0 Å². The standard InChI is InChI=1S/C23H25N5O2/c1-4-9-30-19-6-5-15(10-20(19)29-3)21-18-12-28(2)8-7-16(18)17(11-24)22(27)23(21,13-25)14-26/h5-7,10,17-18,21,27H,4,8-9,12H2,1-3H3/t17-,18-,21+/m1/s1. The van der Waals surface area contributed by atoms with Crippen molar-refractivity contribution in [1.82, 2.24) is 4.90 Å². The van der Waals surface area contributed by atoms with Gasteiger partial charge in [-0.3, -0.25) is 0 Å². The molecule has 1 aromatic rings. The minimum Gasteiger partial charge on any atom is -0.493 e. The predicted molar refractivity (Wildman–Crippen MR) is 111 cm³/mol. The van der Waals surface area contributed by atoms with Gasteiger partial charge in [0.05, 0.1) is 37.6 Å². The Morgan fingerprint density at radius 2 is 1.97 bits per heavy atom. The van der Waals surface area contributed by atoms with E-state index in [9.17, 15) is 15.8 Å². The first-order valence-electron chi connectivity index (χ1n) is 9.97. The van der Waals surface area contributed by atoms with Gasteiger partial charge in [-0.2, -0.15) is 15.8 Å². The third kappa shape index (κ3) is 3.30. The van der Waals surface area contributed by atoms with E-state index >= 15 is 0 Å². The van der Waals surface area contributed by atoms with Gasteiger partial charge >= 0.3 is 0 Å². The highest BCUT2D eigenvalue weighted by atomic mass is 16.5. The highest BCUT2D eigenvalue weighted by Crippen LogP contribution is 2.54. The van der Waals surface area contributed by atoms with E-state index in [1.807, 2.05) is 26.1 Å². The van der Waals surface area contributed by atoms with Crippen LogP contribution in [0, 0.1) is 56.7 Å². The van der Waals surface area contributed by atoms with E-state index in [4.69, 9.17) is 14.9 Å². The molecule has 1 N–H and O–H groups in total. The molecular weight excluding hydrogens is 378 g/mol. The summed E-state index contributed by atoms with van der Waals surface area (Å²) in [7, 11) is 3.52. The second-order valence-electron chi connectivity index (χ2n) is 7.78. The summed E-state index contributed by atoms with van der Waals surface area (Å²) in [6.45, 7) is 3.84. The van der Waals surface area contributed by atoms with Crippen LogP contribution in [0.1, 0.15) is 24.8 Å². The third-order valence-electron chi connectivity index (χ3n) is 5.98. The van der Waals surface area contributed by atoms with Crippen molar-refractivity contribution in [3.63, 3.8) is 0 Å². The number of benzene rings is 1. The quantitative estimate of drug-likeness (QED) is 0.754. The first-order chi connectivity index (χ1) is 14.5. The average molecular weight is 403 g/mol. The molecule has 0 saturated heterocycles. The number of ether oxygens (including phenoxy) is 2. The first-order valence-corrected chi connectivity index (χ1v) is 9.97. The second kappa shape index (κ2) is 8.57. The van der Waals surface area contributed by atoms with Crippen LogP contribution >= 0.6 is 0 Å². The van der Waals surface area contributed by atoms with Crippen LogP contribution in [0.5, 0.6) is 11.5 Å². The van der Waals surface area contributed by atoms with E-state index in [1.165, 1.54) is 0 Å². The molecule has 0 aromatic heterocycles. The van der Waals surface area contributed by atoms with Crippen molar-refractivity contribution >= 4 is 5.71 Å². The van der Waals surface area contributed by atoms with Crippen LogP contribution < -0.4 is 9.47 Å². The topological polar surface area (TPSA) is 117 Å². The minimum atomic E-state index is -1.72. The maximum absolute atomic E-state index is 10.1. The van der Waals surface area contributed by atoms with Gasteiger partial charge < -0.3 is 19.8 Å². The molecule has 7 nitrogen and oxygen atoms in total. The Morgan fingerprint density at radius 3 is 2.57 bits per heavy atom. The second-order valence-corrected chi connectivity index (χ2v) is 7.78. The fraction of sp³-hybridized carbons (Fsp3) is 0.478. The third-order valence-corrected chi connectivity index (χ3v) is 5.98. The fourth-order valence-corrected chi connectivity index (χ4v) is 4.54. The van der Waals surface area contributed by atoms with E-state index < -0.39 is 17.3 Å². The van der Waals surface area contributed by atoms with E-state index in [-0.39, 0.29) is 11.6 Å². The van der Waals surface area contributed by atoms with Gasteiger partial charge in [0.2, 0.25) is 0 Å². The van der Waals surface area contributed by atoms with Crippen LogP contribution in [0.3, 0.4) is 0 Å². The molecular formula is C23H25N5O2. The summed E-state index contributed by atoms with van der Waals surface area (Å²) in [5.74, 6) is -0.552. The Balaban J connectivity index is 2.19. The molecule has 1 aromatic carbocycles. The zero-order valence-corrected chi connectivity index (χ0v) is 17.5. The normalized spacial score (nSPS) is 25.1. The van der Waals surface area contributed by atoms with Gasteiger partial charge in [-0.1, -0.05) is 19.1 Å². The number of fused-ring (bicyclic) bond motifs is 1. The lowest BCUT2D eigenvalue weighted by Crippen LogP contribution is -2.52. The molecule has 2 aliphatic rings. The number of nitrogens with one attached hydrogen (secondary N) is 1. The highest BCUT2D eigenvalue weighted by molar-refractivity contribution is 6.00. The summed E-state index contributed by atoms with van der Waals surface area (Å²) in [5.41, 5.74) is -0.308. The van der Waals surface area contributed by atoms with Crippen molar-refractivity contribution in [2.75, 3.05) is 33.9 Å². The number of likely N-dealkylation sites (N-methyl/N-ethyl adjacent to an activating group) is 1. The van der Waals surface area contributed by atoms with Gasteiger partial charge in [0.25, 0.3) is 0 Å². The number of nitriles is 3. The van der Waals surface area contributed by atoms with Crippen LogP contribution in [0.4, 0.5) is 0 Å².